The van der Waals surface area contributed by atoms with Crippen molar-refractivity contribution in [2.24, 2.45) is 0 Å². The fraction of sp³-hybridized carbons (Fsp3) is 0.143. The lowest BCUT2D eigenvalue weighted by atomic mass is 10.2. The quantitative estimate of drug-likeness (QED) is 0.419. The number of aliphatic hydroxyl groups is 1. The number of thiol groups is 1. The molecule has 0 radical (unpaired) electrons. The molecule has 1 aromatic carbocycles. The highest BCUT2D eigenvalue weighted by atomic mass is 32.1. The summed E-state index contributed by atoms with van der Waals surface area (Å²) in [4.78, 5) is 0.714. The van der Waals surface area contributed by atoms with Crippen LogP contribution in [0.3, 0.4) is 0 Å². The van der Waals surface area contributed by atoms with Crippen LogP contribution in [0.15, 0.2) is 23.1 Å². The first kappa shape index (κ1) is 7.44. The van der Waals surface area contributed by atoms with Crippen molar-refractivity contribution in [3.05, 3.63) is 23.8 Å². The van der Waals surface area contributed by atoms with Gasteiger partial charge < -0.3 is 10.8 Å². The predicted octanol–water partition coefficient (Wildman–Crippen LogP) is 1.05. The third-order valence-corrected chi connectivity index (χ3v) is 1.66. The van der Waals surface area contributed by atoms with E-state index >= 15 is 0 Å². The molecule has 54 valence electrons. The zero-order chi connectivity index (χ0) is 7.56. The van der Waals surface area contributed by atoms with Crippen LogP contribution in [0.1, 0.15) is 5.56 Å². The van der Waals surface area contributed by atoms with E-state index in [2.05, 4.69) is 12.6 Å². The van der Waals surface area contributed by atoms with E-state index in [1.807, 2.05) is 0 Å². The molecule has 0 aliphatic rings. The first-order valence-electron chi connectivity index (χ1n) is 2.92. The summed E-state index contributed by atoms with van der Waals surface area (Å²) < 4.78 is 0. The number of nitrogen functional groups attached to an aromatic ring is 1. The van der Waals surface area contributed by atoms with Crippen LogP contribution in [0, 0.1) is 0 Å². The molecule has 0 saturated heterocycles. The molecular weight excluding hydrogens is 146 g/mol. The summed E-state index contributed by atoms with van der Waals surface area (Å²) in [5.41, 5.74) is 6.96. The first-order chi connectivity index (χ1) is 4.74. The zero-order valence-electron chi connectivity index (χ0n) is 5.41. The zero-order valence-corrected chi connectivity index (χ0v) is 6.31. The molecule has 0 heterocycles. The van der Waals surface area contributed by atoms with E-state index in [-0.39, 0.29) is 6.61 Å². The lowest BCUT2D eigenvalue weighted by molar-refractivity contribution is 0.281. The van der Waals surface area contributed by atoms with E-state index in [1.54, 1.807) is 18.2 Å². The second-order valence-electron chi connectivity index (χ2n) is 2.05. The van der Waals surface area contributed by atoms with E-state index in [0.29, 0.717) is 10.6 Å². The van der Waals surface area contributed by atoms with Gasteiger partial charge in [0.2, 0.25) is 0 Å². The van der Waals surface area contributed by atoms with Crippen molar-refractivity contribution >= 4 is 18.3 Å². The van der Waals surface area contributed by atoms with Crippen molar-refractivity contribution in [1.29, 1.82) is 0 Å². The number of aliphatic hydroxyl groups excluding tert-OH is 1. The Kier molecular flexibility index (Phi) is 2.19. The fourth-order valence-corrected chi connectivity index (χ4v) is 0.928. The van der Waals surface area contributed by atoms with Gasteiger partial charge in [0.25, 0.3) is 0 Å². The van der Waals surface area contributed by atoms with Crippen LogP contribution in [-0.2, 0) is 6.61 Å². The summed E-state index contributed by atoms with van der Waals surface area (Å²) in [5.74, 6) is 0. The van der Waals surface area contributed by atoms with Crippen LogP contribution in [0.25, 0.3) is 0 Å². The predicted molar refractivity (Wildman–Crippen MR) is 44.0 cm³/mol. The molecule has 0 saturated carbocycles. The second kappa shape index (κ2) is 2.94. The number of hydrogen-bond donors (Lipinski definition) is 3. The Balaban J connectivity index is 3.04. The summed E-state index contributed by atoms with van der Waals surface area (Å²) >= 11 is 4.09. The van der Waals surface area contributed by atoms with Gasteiger partial charge >= 0.3 is 0 Å². The number of rotatable bonds is 1. The van der Waals surface area contributed by atoms with Crippen LogP contribution >= 0.6 is 12.6 Å². The van der Waals surface area contributed by atoms with E-state index in [0.717, 1.165) is 5.56 Å². The van der Waals surface area contributed by atoms with E-state index < -0.39 is 0 Å². The van der Waals surface area contributed by atoms with Gasteiger partial charge in [0.15, 0.2) is 0 Å². The highest BCUT2D eigenvalue weighted by Gasteiger charge is 1.94. The molecular formula is C7H9NOS. The van der Waals surface area contributed by atoms with Gasteiger partial charge in [-0.2, -0.15) is 0 Å². The third kappa shape index (κ3) is 1.43. The number of hydrogen-bond acceptors (Lipinski definition) is 3. The van der Waals surface area contributed by atoms with Crippen molar-refractivity contribution < 1.29 is 5.11 Å². The summed E-state index contributed by atoms with van der Waals surface area (Å²) in [6, 6.07) is 5.25. The fourth-order valence-electron chi connectivity index (χ4n) is 0.688. The molecule has 0 aliphatic heterocycles. The number of benzene rings is 1. The Hall–Kier alpha value is -0.670. The average Bonchev–Trinajstić information content (AvgIpc) is 1.95. The van der Waals surface area contributed by atoms with E-state index in [1.165, 1.54) is 0 Å². The molecule has 0 aromatic heterocycles. The van der Waals surface area contributed by atoms with E-state index in [4.69, 9.17) is 10.8 Å². The maximum absolute atomic E-state index is 8.68. The number of nitrogens with two attached hydrogens (primary N) is 1. The normalized spacial score (nSPS) is 9.80. The maximum Gasteiger partial charge on any atom is 0.0682 e. The molecule has 2 nitrogen and oxygen atoms in total. The lowest BCUT2D eigenvalue weighted by Crippen LogP contribution is -1.89. The van der Waals surface area contributed by atoms with Gasteiger partial charge in [-0.05, 0) is 17.7 Å². The van der Waals surface area contributed by atoms with Crippen molar-refractivity contribution in [3.63, 3.8) is 0 Å². The SMILES string of the molecule is Nc1ccc(CO)cc1S. The molecule has 0 bridgehead atoms. The molecule has 0 atom stereocenters. The molecule has 3 N–H and O–H groups in total. The molecule has 0 amide bonds. The smallest absolute Gasteiger partial charge is 0.0682 e. The van der Waals surface area contributed by atoms with Crippen molar-refractivity contribution in [2.75, 3.05) is 5.73 Å². The Morgan fingerprint density at radius 1 is 1.50 bits per heavy atom. The van der Waals surface area contributed by atoms with Gasteiger partial charge in [0.05, 0.1) is 6.61 Å². The van der Waals surface area contributed by atoms with Gasteiger partial charge in [-0.3, -0.25) is 0 Å². The average molecular weight is 155 g/mol. The van der Waals surface area contributed by atoms with Gasteiger partial charge in [0, 0.05) is 10.6 Å². The van der Waals surface area contributed by atoms with Crippen LogP contribution in [0.5, 0.6) is 0 Å². The molecule has 10 heavy (non-hydrogen) atoms. The van der Waals surface area contributed by atoms with E-state index in [9.17, 15) is 0 Å². The minimum Gasteiger partial charge on any atom is -0.398 e. The standard InChI is InChI=1S/C7H9NOS/c8-6-2-1-5(4-9)3-7(6)10/h1-3,9-10H,4,8H2. The molecule has 1 rings (SSSR count). The molecule has 0 aliphatic carbocycles. The molecule has 0 spiro atoms. The van der Waals surface area contributed by atoms with Crippen molar-refractivity contribution in [2.45, 2.75) is 11.5 Å². The summed E-state index contributed by atoms with van der Waals surface area (Å²) in [7, 11) is 0. The topological polar surface area (TPSA) is 46.2 Å². The minimum absolute atomic E-state index is 0.0356. The molecule has 3 heteroatoms. The Morgan fingerprint density at radius 3 is 2.70 bits per heavy atom. The van der Waals surface area contributed by atoms with Gasteiger partial charge in [-0.15, -0.1) is 12.6 Å². The van der Waals surface area contributed by atoms with Crippen LogP contribution in [0.4, 0.5) is 5.69 Å². The minimum atomic E-state index is 0.0356. The third-order valence-electron chi connectivity index (χ3n) is 1.28. The second-order valence-corrected chi connectivity index (χ2v) is 2.53. The molecule has 1 aromatic rings. The van der Waals surface area contributed by atoms with Crippen LogP contribution in [-0.4, -0.2) is 5.11 Å². The van der Waals surface area contributed by atoms with Gasteiger partial charge in [-0.1, -0.05) is 6.07 Å². The molecule has 0 fully saturated rings. The first-order valence-corrected chi connectivity index (χ1v) is 3.37. The van der Waals surface area contributed by atoms with Crippen LogP contribution < -0.4 is 5.73 Å². The van der Waals surface area contributed by atoms with Gasteiger partial charge in [0.1, 0.15) is 0 Å². The Morgan fingerprint density at radius 2 is 2.20 bits per heavy atom. The largest absolute Gasteiger partial charge is 0.398 e. The highest BCUT2D eigenvalue weighted by molar-refractivity contribution is 7.80. The van der Waals surface area contributed by atoms with Crippen molar-refractivity contribution in [1.82, 2.24) is 0 Å². The number of anilines is 1. The molecule has 0 unspecified atom stereocenters. The maximum atomic E-state index is 8.68. The summed E-state index contributed by atoms with van der Waals surface area (Å²) in [6.45, 7) is 0.0356. The Labute approximate surface area is 65.1 Å². The summed E-state index contributed by atoms with van der Waals surface area (Å²) in [6.07, 6.45) is 0. The summed E-state index contributed by atoms with van der Waals surface area (Å²) in [5, 5.41) is 8.68. The Bertz CT molecular complexity index is 237. The van der Waals surface area contributed by atoms with Crippen LogP contribution in [0.2, 0.25) is 0 Å². The van der Waals surface area contributed by atoms with Gasteiger partial charge in [-0.25, -0.2) is 0 Å². The lowest BCUT2D eigenvalue weighted by Gasteiger charge is -1.99. The van der Waals surface area contributed by atoms with Crippen molar-refractivity contribution in [3.8, 4) is 0 Å². The monoisotopic (exact) mass is 155 g/mol. The highest BCUT2D eigenvalue weighted by Crippen LogP contribution is 2.17.